The summed E-state index contributed by atoms with van der Waals surface area (Å²) in [5.41, 5.74) is 0.520. The van der Waals surface area contributed by atoms with Gasteiger partial charge in [-0.3, -0.25) is 9.59 Å². The van der Waals surface area contributed by atoms with Gasteiger partial charge in [-0.15, -0.1) is 5.10 Å². The van der Waals surface area contributed by atoms with E-state index in [0.717, 1.165) is 17.9 Å². The Labute approximate surface area is 192 Å². The second-order valence-electron chi connectivity index (χ2n) is 8.04. The van der Waals surface area contributed by atoms with Crippen molar-refractivity contribution in [3.63, 3.8) is 0 Å². The first-order valence-electron chi connectivity index (χ1n) is 11.1. The molecule has 0 N–H and O–H groups in total. The van der Waals surface area contributed by atoms with Gasteiger partial charge in [0.2, 0.25) is 0 Å². The summed E-state index contributed by atoms with van der Waals surface area (Å²) in [5.74, 6) is 0.367. The SMILES string of the molecule is CCOC(=O)[C@]1(CCOc2ccccc2)CCCN(C(=O)c2ccc(-n3cnnn3)cc2)C1. The van der Waals surface area contributed by atoms with Crippen molar-refractivity contribution in [3.05, 3.63) is 66.5 Å². The molecule has 1 amide bonds. The summed E-state index contributed by atoms with van der Waals surface area (Å²) in [6.07, 6.45) is 3.35. The number of ether oxygens (including phenoxy) is 2. The van der Waals surface area contributed by atoms with Crippen LogP contribution < -0.4 is 4.74 Å². The van der Waals surface area contributed by atoms with Crippen LogP contribution in [-0.2, 0) is 9.53 Å². The van der Waals surface area contributed by atoms with Gasteiger partial charge in [0.05, 0.1) is 24.3 Å². The van der Waals surface area contributed by atoms with Crippen molar-refractivity contribution in [1.29, 1.82) is 0 Å². The maximum absolute atomic E-state index is 13.3. The number of likely N-dealkylation sites (tertiary alicyclic amines) is 1. The molecule has 0 bridgehead atoms. The molecule has 0 unspecified atom stereocenters. The van der Waals surface area contributed by atoms with E-state index in [-0.39, 0.29) is 11.9 Å². The quantitative estimate of drug-likeness (QED) is 0.488. The number of aromatic nitrogens is 4. The number of carbonyl (C=O) groups is 2. The van der Waals surface area contributed by atoms with Crippen molar-refractivity contribution < 1.29 is 19.1 Å². The Balaban J connectivity index is 1.47. The van der Waals surface area contributed by atoms with E-state index in [9.17, 15) is 9.59 Å². The maximum atomic E-state index is 13.3. The van der Waals surface area contributed by atoms with Crippen molar-refractivity contribution in [1.82, 2.24) is 25.1 Å². The second kappa shape index (κ2) is 10.2. The molecule has 0 aliphatic carbocycles. The Kier molecular flexibility index (Phi) is 6.97. The fourth-order valence-corrected chi connectivity index (χ4v) is 4.16. The molecule has 172 valence electrons. The van der Waals surface area contributed by atoms with Gasteiger partial charge in [0.1, 0.15) is 12.1 Å². The minimum Gasteiger partial charge on any atom is -0.494 e. The summed E-state index contributed by atoms with van der Waals surface area (Å²) in [4.78, 5) is 28.0. The summed E-state index contributed by atoms with van der Waals surface area (Å²) >= 11 is 0. The number of hydrogen-bond acceptors (Lipinski definition) is 7. The number of amides is 1. The number of esters is 1. The predicted octanol–water partition coefficient (Wildman–Crippen LogP) is 2.92. The molecule has 0 spiro atoms. The zero-order valence-corrected chi connectivity index (χ0v) is 18.6. The van der Waals surface area contributed by atoms with Crippen LogP contribution >= 0.6 is 0 Å². The predicted molar refractivity (Wildman–Crippen MR) is 120 cm³/mol. The van der Waals surface area contributed by atoms with Gasteiger partial charge in [0.15, 0.2) is 0 Å². The molecular formula is C24H27N5O4. The van der Waals surface area contributed by atoms with Crippen LogP contribution in [0.5, 0.6) is 5.75 Å². The zero-order chi connectivity index (χ0) is 23.1. The van der Waals surface area contributed by atoms with Crippen LogP contribution in [0.1, 0.15) is 36.5 Å². The summed E-state index contributed by atoms with van der Waals surface area (Å²) in [6.45, 7) is 3.36. The van der Waals surface area contributed by atoms with Crippen LogP contribution in [0.2, 0.25) is 0 Å². The largest absolute Gasteiger partial charge is 0.494 e. The van der Waals surface area contributed by atoms with E-state index in [4.69, 9.17) is 9.47 Å². The van der Waals surface area contributed by atoms with Gasteiger partial charge in [-0.2, -0.15) is 0 Å². The van der Waals surface area contributed by atoms with Gasteiger partial charge in [-0.05, 0) is 73.0 Å². The fraction of sp³-hybridized carbons (Fsp3) is 0.375. The first kappa shape index (κ1) is 22.4. The molecule has 9 nitrogen and oxygen atoms in total. The number of rotatable bonds is 8. The monoisotopic (exact) mass is 449 g/mol. The van der Waals surface area contributed by atoms with Crippen LogP contribution in [0, 0.1) is 5.41 Å². The summed E-state index contributed by atoms with van der Waals surface area (Å²) < 4.78 is 12.8. The van der Waals surface area contributed by atoms with Crippen molar-refractivity contribution in [2.45, 2.75) is 26.2 Å². The summed E-state index contributed by atoms with van der Waals surface area (Å²) in [5, 5.41) is 11.1. The normalized spacial score (nSPS) is 18.0. The molecule has 1 fully saturated rings. The van der Waals surface area contributed by atoms with E-state index in [2.05, 4.69) is 15.5 Å². The third-order valence-corrected chi connectivity index (χ3v) is 5.89. The van der Waals surface area contributed by atoms with Crippen molar-refractivity contribution in [3.8, 4) is 11.4 Å². The minimum atomic E-state index is -0.787. The number of carbonyl (C=O) groups excluding carboxylic acids is 2. The molecule has 3 aromatic rings. The highest BCUT2D eigenvalue weighted by Crippen LogP contribution is 2.36. The number of para-hydroxylation sites is 1. The average Bonchev–Trinajstić information content (AvgIpc) is 3.40. The van der Waals surface area contributed by atoms with Gasteiger partial charge in [0, 0.05) is 18.7 Å². The number of benzene rings is 2. The van der Waals surface area contributed by atoms with E-state index in [1.54, 1.807) is 36.1 Å². The smallest absolute Gasteiger partial charge is 0.314 e. The van der Waals surface area contributed by atoms with Crippen LogP contribution in [-0.4, -0.2) is 63.3 Å². The van der Waals surface area contributed by atoms with E-state index in [0.29, 0.717) is 44.7 Å². The van der Waals surface area contributed by atoms with Gasteiger partial charge in [0.25, 0.3) is 5.91 Å². The highest BCUT2D eigenvalue weighted by molar-refractivity contribution is 5.95. The van der Waals surface area contributed by atoms with E-state index in [1.807, 2.05) is 30.3 Å². The molecule has 9 heteroatoms. The number of hydrogen-bond donors (Lipinski definition) is 0. The lowest BCUT2D eigenvalue weighted by Crippen LogP contribution is -2.51. The van der Waals surface area contributed by atoms with Crippen LogP contribution in [0.4, 0.5) is 0 Å². The average molecular weight is 450 g/mol. The summed E-state index contributed by atoms with van der Waals surface area (Å²) in [6, 6.07) is 16.6. The third-order valence-electron chi connectivity index (χ3n) is 5.89. The topological polar surface area (TPSA) is 99.4 Å². The Morgan fingerprint density at radius 2 is 1.88 bits per heavy atom. The van der Waals surface area contributed by atoms with Gasteiger partial charge in [-0.25, -0.2) is 4.68 Å². The highest BCUT2D eigenvalue weighted by Gasteiger charge is 2.44. The molecule has 4 rings (SSSR count). The molecule has 0 saturated carbocycles. The lowest BCUT2D eigenvalue weighted by atomic mass is 9.77. The first-order chi connectivity index (χ1) is 16.1. The Bertz CT molecular complexity index is 1060. The highest BCUT2D eigenvalue weighted by atomic mass is 16.5. The van der Waals surface area contributed by atoms with E-state index >= 15 is 0 Å². The van der Waals surface area contributed by atoms with Gasteiger partial charge in [-0.1, -0.05) is 18.2 Å². The Morgan fingerprint density at radius 1 is 1.09 bits per heavy atom. The molecule has 33 heavy (non-hydrogen) atoms. The van der Waals surface area contributed by atoms with Crippen molar-refractivity contribution in [2.75, 3.05) is 26.3 Å². The molecule has 0 radical (unpaired) electrons. The standard InChI is InChI=1S/C24H27N5O4/c1-2-32-23(31)24(14-16-33-21-7-4-3-5-8-21)13-6-15-28(17-24)22(30)19-9-11-20(12-10-19)29-18-25-26-27-29/h3-5,7-12,18H,2,6,13-17H2,1H3/t24-/m0/s1. The molecule has 1 aromatic heterocycles. The Hall–Kier alpha value is -3.75. The lowest BCUT2D eigenvalue weighted by Gasteiger charge is -2.41. The number of piperidine rings is 1. The van der Waals surface area contributed by atoms with Gasteiger partial charge < -0.3 is 14.4 Å². The number of tetrazole rings is 1. The molecular weight excluding hydrogens is 422 g/mol. The van der Waals surface area contributed by atoms with E-state index in [1.165, 1.54) is 11.0 Å². The van der Waals surface area contributed by atoms with Crippen LogP contribution in [0.15, 0.2) is 60.9 Å². The van der Waals surface area contributed by atoms with Crippen molar-refractivity contribution >= 4 is 11.9 Å². The fourth-order valence-electron chi connectivity index (χ4n) is 4.16. The maximum Gasteiger partial charge on any atom is 0.314 e. The molecule has 2 heterocycles. The van der Waals surface area contributed by atoms with Crippen LogP contribution in [0.25, 0.3) is 5.69 Å². The zero-order valence-electron chi connectivity index (χ0n) is 18.6. The van der Waals surface area contributed by atoms with E-state index < -0.39 is 5.41 Å². The molecule has 1 atom stereocenters. The number of nitrogens with zero attached hydrogens (tertiary/aromatic N) is 5. The molecule has 1 aliphatic rings. The third kappa shape index (κ3) is 5.19. The minimum absolute atomic E-state index is 0.115. The molecule has 1 aliphatic heterocycles. The van der Waals surface area contributed by atoms with Crippen LogP contribution in [0.3, 0.4) is 0 Å². The molecule has 1 saturated heterocycles. The van der Waals surface area contributed by atoms with Crippen molar-refractivity contribution in [2.24, 2.45) is 5.41 Å². The summed E-state index contributed by atoms with van der Waals surface area (Å²) in [7, 11) is 0. The molecule has 2 aromatic carbocycles. The second-order valence-corrected chi connectivity index (χ2v) is 8.04. The van der Waals surface area contributed by atoms with Gasteiger partial charge >= 0.3 is 5.97 Å². The lowest BCUT2D eigenvalue weighted by molar-refractivity contribution is -0.159. The Morgan fingerprint density at radius 3 is 2.58 bits per heavy atom. The first-order valence-corrected chi connectivity index (χ1v) is 11.1.